The number of halogens is 3. The van der Waals surface area contributed by atoms with Gasteiger partial charge in [0, 0.05) is 62.6 Å². The van der Waals surface area contributed by atoms with Crippen molar-refractivity contribution in [2.45, 2.75) is 59.7 Å². The van der Waals surface area contributed by atoms with Crippen molar-refractivity contribution >= 4 is 62.9 Å². The maximum atomic E-state index is 13.9. The third kappa shape index (κ3) is 16.9. The van der Waals surface area contributed by atoms with E-state index >= 15 is 0 Å². The van der Waals surface area contributed by atoms with Gasteiger partial charge in [0.1, 0.15) is 48.3 Å². The molecule has 4 amide bonds. The Bertz CT molecular complexity index is 4070. The molecule has 0 aliphatic heterocycles. The third-order valence-electron chi connectivity index (χ3n) is 13.8. The highest BCUT2D eigenvalue weighted by molar-refractivity contribution is 9.10. The normalized spacial score (nSPS) is 11.3. The SMILES string of the molecule is C.C[C@@H](C(=O)Nc1ccc(-c2ccccc2)n(Cc2cncc(C(=O)c3ccc(F)cc3)c2)c1=O)N(C)C(=O)OCc1ccccc1.C[C@@H](C(=O)Nc1ccc(Br)n(Cc2cncc(C(=O)c3ccc(F)cc3)c2)c1=O)N(C)C(=O)OCc1ccccc1.[2HH]. The number of carbonyl (C=O) groups is 6. The minimum absolute atomic E-state index is 0. The molecule has 5 aromatic carbocycles. The molecule has 4 heterocycles. The highest BCUT2D eigenvalue weighted by Gasteiger charge is 2.27. The number of hydrogen-bond acceptors (Lipinski definition) is 12. The van der Waals surface area contributed by atoms with E-state index in [1.807, 2.05) is 91.0 Å². The van der Waals surface area contributed by atoms with Crippen molar-refractivity contribution in [3.63, 3.8) is 0 Å². The Morgan fingerprint density at radius 3 is 1.33 bits per heavy atom. The van der Waals surface area contributed by atoms with E-state index < -0.39 is 58.8 Å². The van der Waals surface area contributed by atoms with Gasteiger partial charge in [-0.2, -0.15) is 0 Å². The van der Waals surface area contributed by atoms with E-state index in [0.717, 1.165) is 26.5 Å². The predicted molar refractivity (Wildman–Crippen MR) is 335 cm³/mol. The van der Waals surface area contributed by atoms with E-state index in [0.29, 0.717) is 32.6 Å². The van der Waals surface area contributed by atoms with Gasteiger partial charge in [-0.1, -0.05) is 98.4 Å². The largest absolute Gasteiger partial charge is 0.445 e. The van der Waals surface area contributed by atoms with Gasteiger partial charge >= 0.3 is 12.2 Å². The molecular weight excluding hydrogens is 1190 g/mol. The van der Waals surface area contributed by atoms with E-state index in [2.05, 4.69) is 36.5 Å². The molecule has 18 nitrogen and oxygen atoms in total. The lowest BCUT2D eigenvalue weighted by molar-refractivity contribution is -0.120. The molecule has 0 bridgehead atoms. The summed E-state index contributed by atoms with van der Waals surface area (Å²) in [6.07, 6.45) is 4.50. The number of benzene rings is 5. The molecule has 21 heteroatoms. The van der Waals surface area contributed by atoms with Gasteiger partial charge in [0.05, 0.1) is 23.4 Å². The Kier molecular flexibility index (Phi) is 22.5. The summed E-state index contributed by atoms with van der Waals surface area (Å²) in [5.41, 5.74) is 4.23. The van der Waals surface area contributed by atoms with Crippen LogP contribution in [0.25, 0.3) is 11.3 Å². The maximum absolute atomic E-state index is 13.9. The molecule has 0 aliphatic rings. The maximum Gasteiger partial charge on any atom is 0.410 e. The second-order valence-electron chi connectivity index (χ2n) is 19.8. The summed E-state index contributed by atoms with van der Waals surface area (Å²) < 4.78 is 40.5. The summed E-state index contributed by atoms with van der Waals surface area (Å²) in [6.45, 7) is 3.24. The van der Waals surface area contributed by atoms with E-state index in [1.165, 1.54) is 116 Å². The number of rotatable bonds is 19. The number of pyridine rings is 4. The minimum Gasteiger partial charge on any atom is -0.445 e. The molecule has 0 spiro atoms. The molecule has 0 fully saturated rings. The van der Waals surface area contributed by atoms with Gasteiger partial charge in [-0.15, -0.1) is 0 Å². The number of nitrogens with one attached hydrogen (secondary N) is 2. The first-order valence-electron chi connectivity index (χ1n) is 27.0. The molecule has 2 atom stereocenters. The van der Waals surface area contributed by atoms with Crippen molar-refractivity contribution < 1.29 is 48.4 Å². The van der Waals surface area contributed by atoms with E-state index in [9.17, 15) is 47.1 Å². The zero-order valence-corrected chi connectivity index (χ0v) is 49.0. The van der Waals surface area contributed by atoms with Gasteiger partial charge in [0.25, 0.3) is 11.1 Å². The fourth-order valence-electron chi connectivity index (χ4n) is 8.57. The lowest BCUT2D eigenvalue weighted by atomic mass is 10.0. The Balaban J connectivity index is 0.000000279. The average Bonchev–Trinajstić information content (AvgIpc) is 3.18. The Hall–Kier alpha value is -10.5. The van der Waals surface area contributed by atoms with Crippen LogP contribution in [0.15, 0.2) is 215 Å². The van der Waals surface area contributed by atoms with Crippen LogP contribution in [0.2, 0.25) is 0 Å². The van der Waals surface area contributed by atoms with Gasteiger partial charge in [0.2, 0.25) is 11.8 Å². The van der Waals surface area contributed by atoms with Crippen molar-refractivity contribution in [3.8, 4) is 11.3 Å². The van der Waals surface area contributed by atoms with E-state index in [-0.39, 0.29) is 69.2 Å². The van der Waals surface area contributed by atoms with Crippen LogP contribution in [0, 0.1) is 11.6 Å². The number of carbonyl (C=O) groups excluding carboxylic acids is 6. The number of ether oxygens (including phenoxy) is 2. The average molecular weight is 1260 g/mol. The summed E-state index contributed by atoms with van der Waals surface area (Å²) in [6, 6.07) is 45.6. The highest BCUT2D eigenvalue weighted by Crippen LogP contribution is 2.23. The number of likely N-dealkylation sites (N-methyl/N-ethyl adjacent to an activating group) is 2. The van der Waals surface area contributed by atoms with Crippen LogP contribution >= 0.6 is 15.9 Å². The van der Waals surface area contributed by atoms with Gasteiger partial charge in [-0.3, -0.25) is 53.1 Å². The van der Waals surface area contributed by atoms with Crippen molar-refractivity contribution in [3.05, 3.63) is 282 Å². The number of hydrogen-bond donors (Lipinski definition) is 2. The van der Waals surface area contributed by atoms with Crippen molar-refractivity contribution in [2.24, 2.45) is 0 Å². The number of amides is 4. The van der Waals surface area contributed by atoms with Gasteiger partial charge in [-0.25, -0.2) is 18.4 Å². The summed E-state index contributed by atoms with van der Waals surface area (Å²) in [7, 11) is 2.88. The smallest absolute Gasteiger partial charge is 0.410 e. The van der Waals surface area contributed by atoms with E-state index in [1.54, 1.807) is 30.5 Å². The Morgan fingerprint density at radius 1 is 0.511 bits per heavy atom. The number of nitrogens with zero attached hydrogens (tertiary/aromatic N) is 6. The van der Waals surface area contributed by atoms with Crippen LogP contribution in [0.1, 0.15) is 76.8 Å². The topological polar surface area (TPSA) is 221 Å². The van der Waals surface area contributed by atoms with Gasteiger partial charge in [0.15, 0.2) is 11.6 Å². The summed E-state index contributed by atoms with van der Waals surface area (Å²) in [5.74, 6) is -2.74. The van der Waals surface area contributed by atoms with Crippen LogP contribution in [-0.2, 0) is 45.4 Å². The van der Waals surface area contributed by atoms with Gasteiger partial charge < -0.3 is 24.7 Å². The molecule has 2 N–H and O–H groups in total. The van der Waals surface area contributed by atoms with Crippen LogP contribution in [0.3, 0.4) is 0 Å². The lowest BCUT2D eigenvalue weighted by Gasteiger charge is -2.24. The molecule has 9 aromatic rings. The van der Waals surface area contributed by atoms with Crippen molar-refractivity contribution in [1.82, 2.24) is 28.9 Å². The van der Waals surface area contributed by atoms with Crippen LogP contribution < -0.4 is 21.8 Å². The fourth-order valence-corrected chi connectivity index (χ4v) is 8.99. The first kappa shape index (κ1) is 65.0. The fraction of sp³-hybridized carbons (Fsp3) is 0.164. The predicted octanol–water partition coefficient (Wildman–Crippen LogP) is 11.8. The molecule has 0 saturated carbocycles. The molecular formula is C67H63BrF2N8O10. The van der Waals surface area contributed by atoms with Crippen LogP contribution in [0.4, 0.5) is 29.7 Å². The number of ketones is 2. The lowest BCUT2D eigenvalue weighted by Crippen LogP contribution is -2.44. The second kappa shape index (κ2) is 30.5. The molecule has 4 aromatic heterocycles. The first-order chi connectivity index (χ1) is 41.8. The van der Waals surface area contributed by atoms with Crippen LogP contribution in [0.5, 0.6) is 0 Å². The van der Waals surface area contributed by atoms with Gasteiger partial charge in [-0.05, 0) is 143 Å². The minimum atomic E-state index is -0.955. The van der Waals surface area contributed by atoms with E-state index in [4.69, 9.17) is 9.47 Å². The standard InChI is InChI=1S/C36H31FN4O5.C30H26BrFN4O5.CH4.H2/c1-24(40(2)36(45)46-23-25-9-5-3-6-10-25)34(43)39-31-17-18-32(27-11-7-4-8-12-27)41(35(31)44)22-26-19-29(21-38-20-26)33(42)28-13-15-30(37)16-14-28;1-19(35(2)30(40)41-18-20-6-4-3-5-7-20)28(38)34-25-12-13-26(31)36(29(25)39)17-21-14-23(16-33-15-21)27(37)22-8-10-24(32)11-9-22;;/h3-21,24H,22-23H2,1-2H3,(H,39,43);3-16,19H,17-18H2,1-2H3,(H,34,38);1H4;1H/t24-;19-;;/m00../s1/i;;;1+1. The molecule has 0 radical (unpaired) electrons. The quantitative estimate of drug-likeness (QED) is 0.0570. The Morgan fingerprint density at radius 2 is 0.898 bits per heavy atom. The molecule has 0 saturated heterocycles. The third-order valence-corrected chi connectivity index (χ3v) is 14.5. The number of aromatic nitrogens is 4. The highest BCUT2D eigenvalue weighted by atomic mass is 79.9. The summed E-state index contributed by atoms with van der Waals surface area (Å²) in [5, 5.41) is 5.24. The zero-order chi connectivity index (χ0) is 62.1. The Labute approximate surface area is 515 Å². The van der Waals surface area contributed by atoms with Crippen molar-refractivity contribution in [1.29, 1.82) is 0 Å². The first-order valence-corrected chi connectivity index (χ1v) is 27.8. The molecule has 0 aliphatic carbocycles. The van der Waals surface area contributed by atoms with Crippen molar-refractivity contribution in [2.75, 3.05) is 24.7 Å². The monoisotopic (exact) mass is 1260 g/mol. The molecule has 0 unspecified atom stereocenters. The molecule has 9 rings (SSSR count). The molecule has 452 valence electrons. The van der Waals surface area contributed by atoms with Crippen LogP contribution in [-0.4, -0.2) is 90.6 Å². The molecule has 88 heavy (non-hydrogen) atoms. The summed E-state index contributed by atoms with van der Waals surface area (Å²) in [4.78, 5) is 115. The zero-order valence-electron chi connectivity index (χ0n) is 47.4. The summed E-state index contributed by atoms with van der Waals surface area (Å²) >= 11 is 3.36. The number of anilines is 2. The second-order valence-corrected chi connectivity index (χ2v) is 20.6.